The molecule has 0 aliphatic carbocycles. The molecule has 0 saturated heterocycles. The minimum Gasteiger partial charge on any atom is -0.456 e. The molecule has 5 nitrogen and oxygen atoms in total. The van der Waals surface area contributed by atoms with Gasteiger partial charge >= 0.3 is 0 Å². The molecule has 0 unspecified atom stereocenters. The Morgan fingerprint density at radius 2 is 0.979 bits per heavy atom. The van der Waals surface area contributed by atoms with E-state index in [0.717, 1.165) is 67.1 Å². The van der Waals surface area contributed by atoms with Crippen LogP contribution in [0.1, 0.15) is 0 Å². The number of nitrogens with zero attached hydrogens (tertiary/aromatic N) is 3. The molecule has 2 heterocycles. The molecule has 5 heteroatoms. The lowest BCUT2D eigenvalue weighted by Gasteiger charge is -2.29. The van der Waals surface area contributed by atoms with Crippen LogP contribution in [0.2, 0.25) is 0 Å². The van der Waals surface area contributed by atoms with Crippen LogP contribution >= 0.6 is 0 Å². The lowest BCUT2D eigenvalue weighted by Crippen LogP contribution is -2.13. The smallest absolute Gasteiger partial charge is 0.227 e. The molecule has 2 aromatic heterocycles. The summed E-state index contributed by atoms with van der Waals surface area (Å²) in [5.41, 5.74) is 9.87. The number of benzene rings is 7. The van der Waals surface area contributed by atoms with E-state index in [-0.39, 0.29) is 0 Å². The van der Waals surface area contributed by atoms with Crippen LogP contribution in [0.25, 0.3) is 44.5 Å². The van der Waals surface area contributed by atoms with E-state index in [1.165, 1.54) is 0 Å². The molecule has 0 aliphatic heterocycles. The molecule has 48 heavy (non-hydrogen) atoms. The maximum absolute atomic E-state index is 6.74. The number of oxazole rings is 1. The molecule has 0 aliphatic rings. The van der Waals surface area contributed by atoms with Gasteiger partial charge in [0.15, 0.2) is 5.58 Å². The normalized spacial score (nSPS) is 11.3. The molecule has 0 spiro atoms. The molecular formula is C43H29N3O2. The topological polar surface area (TPSA) is 45.7 Å². The van der Waals surface area contributed by atoms with Crippen LogP contribution in [-0.2, 0) is 0 Å². The summed E-state index contributed by atoms with van der Waals surface area (Å²) < 4.78 is 13.1. The molecule has 9 rings (SSSR count). The molecule has 228 valence electrons. The molecule has 0 radical (unpaired) electrons. The van der Waals surface area contributed by atoms with E-state index in [4.69, 9.17) is 13.8 Å². The van der Waals surface area contributed by atoms with Crippen molar-refractivity contribution in [2.75, 3.05) is 9.80 Å². The van der Waals surface area contributed by atoms with Gasteiger partial charge in [-0.1, -0.05) is 97.1 Å². The van der Waals surface area contributed by atoms with Gasteiger partial charge in [0, 0.05) is 28.0 Å². The molecule has 0 saturated carbocycles. The number of para-hydroxylation sites is 4. The van der Waals surface area contributed by atoms with Gasteiger partial charge in [0.25, 0.3) is 0 Å². The summed E-state index contributed by atoms with van der Waals surface area (Å²) in [5.74, 6) is 0.565. The zero-order chi connectivity index (χ0) is 31.9. The average Bonchev–Trinajstić information content (AvgIpc) is 3.76. The van der Waals surface area contributed by atoms with E-state index in [1.807, 2.05) is 72.8 Å². The molecule has 7 aromatic carbocycles. The summed E-state index contributed by atoms with van der Waals surface area (Å²) in [4.78, 5) is 9.64. The van der Waals surface area contributed by atoms with Gasteiger partial charge in [-0.3, -0.25) is 0 Å². The van der Waals surface area contributed by atoms with Crippen molar-refractivity contribution < 1.29 is 8.83 Å². The van der Waals surface area contributed by atoms with Crippen LogP contribution < -0.4 is 9.80 Å². The molecule has 0 amide bonds. The Morgan fingerprint density at radius 3 is 1.65 bits per heavy atom. The second-order valence-electron chi connectivity index (χ2n) is 11.6. The van der Waals surface area contributed by atoms with Gasteiger partial charge < -0.3 is 18.6 Å². The molecule has 0 N–H and O–H groups in total. The highest BCUT2D eigenvalue weighted by atomic mass is 16.3. The second kappa shape index (κ2) is 11.6. The number of rotatable bonds is 7. The minimum absolute atomic E-state index is 0.565. The number of furan rings is 1. The van der Waals surface area contributed by atoms with Crippen molar-refractivity contribution in [1.82, 2.24) is 4.98 Å². The Morgan fingerprint density at radius 1 is 0.417 bits per heavy atom. The number of hydrogen-bond acceptors (Lipinski definition) is 5. The number of aromatic nitrogens is 1. The zero-order valence-electron chi connectivity index (χ0n) is 25.9. The average molecular weight is 620 g/mol. The van der Waals surface area contributed by atoms with Crippen LogP contribution in [0.3, 0.4) is 0 Å². The third kappa shape index (κ3) is 4.77. The van der Waals surface area contributed by atoms with E-state index in [0.29, 0.717) is 11.5 Å². The molecular weight excluding hydrogens is 590 g/mol. The maximum Gasteiger partial charge on any atom is 0.227 e. The first-order chi connectivity index (χ1) is 23.8. The largest absolute Gasteiger partial charge is 0.456 e. The summed E-state index contributed by atoms with van der Waals surface area (Å²) >= 11 is 0. The lowest BCUT2D eigenvalue weighted by atomic mass is 10.1. The number of anilines is 6. The van der Waals surface area contributed by atoms with Crippen LogP contribution in [-0.4, -0.2) is 4.98 Å². The summed E-state index contributed by atoms with van der Waals surface area (Å²) in [5, 5.41) is 2.08. The molecule has 9 aromatic rings. The van der Waals surface area contributed by atoms with Gasteiger partial charge in [-0.25, -0.2) is 4.98 Å². The first-order valence-electron chi connectivity index (χ1n) is 16.0. The van der Waals surface area contributed by atoms with Crippen LogP contribution in [0.4, 0.5) is 34.1 Å². The monoisotopic (exact) mass is 619 g/mol. The Kier molecular flexibility index (Phi) is 6.72. The van der Waals surface area contributed by atoms with Crippen LogP contribution in [0, 0.1) is 0 Å². The molecule has 0 bridgehead atoms. The summed E-state index contributed by atoms with van der Waals surface area (Å²) in [7, 11) is 0. The first-order valence-corrected chi connectivity index (χ1v) is 16.0. The second-order valence-corrected chi connectivity index (χ2v) is 11.6. The fourth-order valence-corrected chi connectivity index (χ4v) is 6.53. The van der Waals surface area contributed by atoms with Gasteiger partial charge in [-0.05, 0) is 78.9 Å². The van der Waals surface area contributed by atoms with Crippen molar-refractivity contribution in [2.24, 2.45) is 0 Å². The highest BCUT2D eigenvalue weighted by molar-refractivity contribution is 6.14. The van der Waals surface area contributed by atoms with E-state index in [1.54, 1.807) is 0 Å². The van der Waals surface area contributed by atoms with Gasteiger partial charge in [0.2, 0.25) is 5.89 Å². The quantitative estimate of drug-likeness (QED) is 0.178. The lowest BCUT2D eigenvalue weighted by molar-refractivity contribution is 0.620. The van der Waals surface area contributed by atoms with Crippen molar-refractivity contribution in [1.29, 1.82) is 0 Å². The summed E-state index contributed by atoms with van der Waals surface area (Å²) in [6, 6.07) is 60.1. The van der Waals surface area contributed by atoms with E-state index < -0.39 is 0 Å². The predicted octanol–water partition coefficient (Wildman–Crippen LogP) is 12.3. The standard InChI is InChI=1S/C43H29N3O2/c1-5-16-30(17-6-1)43-44-36-28-34(45(31-18-7-2-8-19-31)32-20-9-3-10-21-32)29-38(42(36)48-43)46(33-22-11-4-12-23-33)37-25-15-27-40-41(37)35-24-13-14-26-39(35)47-40/h1-29H. The van der Waals surface area contributed by atoms with E-state index >= 15 is 0 Å². The highest BCUT2D eigenvalue weighted by Crippen LogP contribution is 2.48. The fourth-order valence-electron chi connectivity index (χ4n) is 6.53. The Hall–Kier alpha value is -6.59. The fraction of sp³-hybridized carbons (Fsp3) is 0. The SMILES string of the molecule is c1ccc(-c2nc3cc(N(c4ccccc4)c4ccccc4)cc(N(c4ccccc4)c4cccc5oc6ccccc6c45)c3o2)cc1. The van der Waals surface area contributed by atoms with Gasteiger partial charge in [0.05, 0.1) is 22.4 Å². The van der Waals surface area contributed by atoms with Crippen molar-refractivity contribution in [2.45, 2.75) is 0 Å². The first kappa shape index (κ1) is 27.7. The Bertz CT molecular complexity index is 2470. The van der Waals surface area contributed by atoms with Crippen molar-refractivity contribution in [3.8, 4) is 11.5 Å². The minimum atomic E-state index is 0.565. The maximum atomic E-state index is 6.74. The van der Waals surface area contributed by atoms with E-state index in [2.05, 4.69) is 113 Å². The van der Waals surface area contributed by atoms with Crippen molar-refractivity contribution >= 4 is 67.2 Å². The summed E-state index contributed by atoms with van der Waals surface area (Å²) in [6.07, 6.45) is 0. The summed E-state index contributed by atoms with van der Waals surface area (Å²) in [6.45, 7) is 0. The van der Waals surface area contributed by atoms with Crippen LogP contribution in [0.5, 0.6) is 0 Å². The van der Waals surface area contributed by atoms with Crippen molar-refractivity contribution in [3.05, 3.63) is 176 Å². The molecule has 0 fully saturated rings. The Labute approximate surface area is 277 Å². The number of hydrogen-bond donors (Lipinski definition) is 0. The Balaban J connectivity index is 1.38. The molecule has 0 atom stereocenters. The zero-order valence-corrected chi connectivity index (χ0v) is 25.9. The van der Waals surface area contributed by atoms with Gasteiger partial charge in [-0.2, -0.15) is 0 Å². The van der Waals surface area contributed by atoms with Crippen molar-refractivity contribution in [3.63, 3.8) is 0 Å². The van der Waals surface area contributed by atoms with Crippen LogP contribution in [0.15, 0.2) is 185 Å². The third-order valence-corrected chi connectivity index (χ3v) is 8.64. The van der Waals surface area contributed by atoms with E-state index in [9.17, 15) is 0 Å². The van der Waals surface area contributed by atoms with Gasteiger partial charge in [-0.15, -0.1) is 0 Å². The highest BCUT2D eigenvalue weighted by Gasteiger charge is 2.26. The third-order valence-electron chi connectivity index (χ3n) is 8.64. The van der Waals surface area contributed by atoms with Gasteiger partial charge in [0.1, 0.15) is 16.7 Å². The predicted molar refractivity (Wildman–Crippen MR) is 196 cm³/mol. The number of fused-ring (bicyclic) bond motifs is 4.